The van der Waals surface area contributed by atoms with Crippen LogP contribution in [0.4, 0.5) is 0 Å². The summed E-state index contributed by atoms with van der Waals surface area (Å²) in [6.07, 6.45) is 0.654. The molecule has 30 heavy (non-hydrogen) atoms. The van der Waals surface area contributed by atoms with Gasteiger partial charge in [-0.2, -0.15) is 0 Å². The largest absolute Gasteiger partial charge is 0.479 e. The van der Waals surface area contributed by atoms with Crippen molar-refractivity contribution in [1.82, 2.24) is 24.7 Å². The monoisotopic (exact) mass is 409 g/mol. The fraction of sp³-hybridized carbons (Fsp3) is 0.333. The Morgan fingerprint density at radius 3 is 2.87 bits per heavy atom. The van der Waals surface area contributed by atoms with Gasteiger partial charge in [0.25, 0.3) is 5.88 Å². The molecule has 4 aromatic rings. The van der Waals surface area contributed by atoms with Crippen molar-refractivity contribution in [2.75, 3.05) is 7.11 Å². The number of para-hydroxylation sites is 1. The number of hydrogen-bond donors (Lipinski definition) is 1. The van der Waals surface area contributed by atoms with Crippen molar-refractivity contribution in [3.8, 4) is 5.88 Å². The third kappa shape index (κ3) is 3.78. The van der Waals surface area contributed by atoms with Crippen molar-refractivity contribution in [3.63, 3.8) is 0 Å². The quantitative estimate of drug-likeness (QED) is 0.501. The lowest BCUT2D eigenvalue weighted by Crippen LogP contribution is -2.38. The van der Waals surface area contributed by atoms with Gasteiger partial charge in [0.15, 0.2) is 5.65 Å². The summed E-state index contributed by atoms with van der Waals surface area (Å²) >= 11 is 0. The fourth-order valence-electron chi connectivity index (χ4n) is 3.51. The molecule has 0 radical (unpaired) electrons. The molecule has 0 bridgehead atoms. The number of amides is 1. The first-order chi connectivity index (χ1) is 14.5. The summed E-state index contributed by atoms with van der Waals surface area (Å²) in [6.45, 7) is 4.05. The van der Waals surface area contributed by atoms with Crippen molar-refractivity contribution < 1.29 is 14.1 Å². The van der Waals surface area contributed by atoms with Crippen molar-refractivity contribution in [1.29, 1.82) is 0 Å². The zero-order valence-electron chi connectivity index (χ0n) is 17.1. The van der Waals surface area contributed by atoms with Crippen LogP contribution < -0.4 is 15.7 Å². The van der Waals surface area contributed by atoms with Gasteiger partial charge in [-0.25, -0.2) is 13.9 Å². The van der Waals surface area contributed by atoms with E-state index in [0.717, 1.165) is 16.5 Å². The molecule has 1 amide bonds. The highest BCUT2D eigenvalue weighted by molar-refractivity contribution is 5.83. The second kappa shape index (κ2) is 8.02. The van der Waals surface area contributed by atoms with E-state index in [4.69, 9.17) is 9.26 Å². The van der Waals surface area contributed by atoms with Gasteiger partial charge in [0.05, 0.1) is 19.2 Å². The van der Waals surface area contributed by atoms with Crippen LogP contribution in [0.25, 0.3) is 16.6 Å². The summed E-state index contributed by atoms with van der Waals surface area (Å²) in [5.74, 6) is 0.817. The summed E-state index contributed by atoms with van der Waals surface area (Å²) in [7, 11) is 1.50. The first-order valence-electron chi connectivity index (χ1n) is 9.73. The predicted octanol–water partition coefficient (Wildman–Crippen LogP) is 2.09. The van der Waals surface area contributed by atoms with E-state index in [9.17, 15) is 9.59 Å². The van der Waals surface area contributed by atoms with Gasteiger partial charge in [-0.3, -0.25) is 4.79 Å². The van der Waals surface area contributed by atoms with Crippen LogP contribution in [0, 0.1) is 6.92 Å². The molecule has 0 aliphatic carbocycles. The summed E-state index contributed by atoms with van der Waals surface area (Å²) in [6, 6.07) is 11.1. The van der Waals surface area contributed by atoms with Gasteiger partial charge in [-0.05, 0) is 42.1 Å². The number of pyridine rings is 1. The number of aromatic nitrogens is 4. The molecule has 0 fully saturated rings. The van der Waals surface area contributed by atoms with Gasteiger partial charge in [0, 0.05) is 24.9 Å². The minimum absolute atomic E-state index is 0.142. The molecular formula is C21H23N5O4. The lowest BCUT2D eigenvalue weighted by atomic mass is 10.1. The average Bonchev–Trinajstić information content (AvgIpc) is 3.32. The van der Waals surface area contributed by atoms with Crippen LogP contribution in [-0.2, 0) is 17.8 Å². The molecule has 156 valence electrons. The van der Waals surface area contributed by atoms with E-state index in [1.807, 2.05) is 44.2 Å². The van der Waals surface area contributed by atoms with Gasteiger partial charge < -0.3 is 14.6 Å². The molecule has 0 aliphatic heterocycles. The molecule has 3 aromatic heterocycles. The van der Waals surface area contributed by atoms with E-state index in [1.165, 1.54) is 11.8 Å². The Bertz CT molecular complexity index is 1270. The highest BCUT2D eigenvalue weighted by Gasteiger charge is 2.16. The maximum atomic E-state index is 13.0. The second-order valence-electron chi connectivity index (χ2n) is 7.31. The molecule has 4 rings (SSSR count). The van der Waals surface area contributed by atoms with Gasteiger partial charge in [0.2, 0.25) is 5.91 Å². The summed E-state index contributed by atoms with van der Waals surface area (Å²) in [4.78, 5) is 25.2. The van der Waals surface area contributed by atoms with Gasteiger partial charge >= 0.3 is 5.69 Å². The molecule has 0 aliphatic rings. The number of carbonyl (C=O) groups is 1. The first-order valence-corrected chi connectivity index (χ1v) is 9.73. The molecule has 0 spiro atoms. The van der Waals surface area contributed by atoms with E-state index in [1.54, 1.807) is 10.5 Å². The summed E-state index contributed by atoms with van der Waals surface area (Å²) in [5, 5.41) is 12.1. The SMILES string of the molecule is COc1cc(CCC(=O)N[C@H](C)Cn2nc3c(C)cc4ccccc4n3c2=O)on1. The molecule has 0 unspecified atom stereocenters. The Balaban J connectivity index is 1.46. The third-order valence-electron chi connectivity index (χ3n) is 4.94. The number of nitrogens with one attached hydrogen (secondary N) is 1. The number of aryl methyl sites for hydroxylation is 2. The standard InChI is InChI=1S/C21H23N5O4/c1-13-10-15-6-4-5-7-17(15)26-20(13)23-25(21(26)28)12-14(2)22-18(27)9-8-16-11-19(29-3)24-30-16/h4-7,10-11,14H,8-9,12H2,1-3H3,(H,22,27)/t14-/m1/s1. The van der Waals surface area contributed by atoms with E-state index in [2.05, 4.69) is 15.6 Å². The van der Waals surface area contributed by atoms with E-state index < -0.39 is 0 Å². The number of fused-ring (bicyclic) bond motifs is 3. The Morgan fingerprint density at radius 1 is 1.30 bits per heavy atom. The number of rotatable bonds is 7. The van der Waals surface area contributed by atoms with Gasteiger partial charge in [-0.1, -0.05) is 18.2 Å². The number of nitrogens with zero attached hydrogens (tertiary/aromatic N) is 4. The molecule has 3 heterocycles. The molecule has 9 heteroatoms. The van der Waals surface area contributed by atoms with E-state index in [-0.39, 0.29) is 30.6 Å². The van der Waals surface area contributed by atoms with Crippen LogP contribution in [0.15, 0.2) is 45.7 Å². The molecule has 0 saturated heterocycles. The van der Waals surface area contributed by atoms with Crippen molar-refractivity contribution >= 4 is 22.5 Å². The Hall–Kier alpha value is -3.62. The third-order valence-corrected chi connectivity index (χ3v) is 4.94. The summed E-state index contributed by atoms with van der Waals surface area (Å²) < 4.78 is 13.1. The second-order valence-corrected chi connectivity index (χ2v) is 7.31. The first kappa shape index (κ1) is 19.7. The number of hydrogen-bond acceptors (Lipinski definition) is 6. The Labute approximate surface area is 172 Å². The predicted molar refractivity (Wildman–Crippen MR) is 111 cm³/mol. The number of benzene rings is 1. The van der Waals surface area contributed by atoms with Crippen LogP contribution in [0.2, 0.25) is 0 Å². The Morgan fingerprint density at radius 2 is 2.10 bits per heavy atom. The molecule has 0 saturated carbocycles. The summed E-state index contributed by atoms with van der Waals surface area (Å²) in [5.41, 5.74) is 2.13. The van der Waals surface area contributed by atoms with Crippen molar-refractivity contribution in [2.24, 2.45) is 0 Å². The van der Waals surface area contributed by atoms with Crippen LogP contribution in [0.1, 0.15) is 24.7 Å². The van der Waals surface area contributed by atoms with Crippen LogP contribution >= 0.6 is 0 Å². The van der Waals surface area contributed by atoms with Gasteiger partial charge in [-0.15, -0.1) is 5.10 Å². The van der Waals surface area contributed by atoms with Crippen LogP contribution in [0.5, 0.6) is 5.88 Å². The van der Waals surface area contributed by atoms with Crippen LogP contribution in [-0.4, -0.2) is 38.4 Å². The minimum atomic E-state index is -0.268. The highest BCUT2D eigenvalue weighted by Crippen LogP contribution is 2.18. The maximum Gasteiger partial charge on any atom is 0.350 e. The zero-order valence-corrected chi connectivity index (χ0v) is 17.1. The fourth-order valence-corrected chi connectivity index (χ4v) is 3.51. The van der Waals surface area contributed by atoms with Crippen molar-refractivity contribution in [3.05, 3.63) is 58.2 Å². The lowest BCUT2D eigenvalue weighted by molar-refractivity contribution is -0.121. The normalized spacial score (nSPS) is 12.4. The number of carbonyl (C=O) groups excluding carboxylic acids is 1. The smallest absolute Gasteiger partial charge is 0.350 e. The van der Waals surface area contributed by atoms with E-state index >= 15 is 0 Å². The highest BCUT2D eigenvalue weighted by atomic mass is 16.5. The van der Waals surface area contributed by atoms with Crippen LogP contribution in [0.3, 0.4) is 0 Å². The topological polar surface area (TPSA) is 104 Å². The van der Waals surface area contributed by atoms with E-state index in [0.29, 0.717) is 23.7 Å². The zero-order chi connectivity index (χ0) is 21.3. The molecule has 9 nitrogen and oxygen atoms in total. The maximum absolute atomic E-state index is 13.0. The Kier molecular flexibility index (Phi) is 5.26. The van der Waals surface area contributed by atoms with Crippen molar-refractivity contribution in [2.45, 2.75) is 39.3 Å². The molecular weight excluding hydrogens is 386 g/mol. The average molecular weight is 409 g/mol. The molecule has 1 N–H and O–H groups in total. The molecule has 1 atom stereocenters. The number of methoxy groups -OCH3 is 1. The lowest BCUT2D eigenvalue weighted by Gasteiger charge is -2.12. The van der Waals surface area contributed by atoms with Gasteiger partial charge in [0.1, 0.15) is 5.76 Å². The minimum Gasteiger partial charge on any atom is -0.479 e. The molecule has 1 aromatic carbocycles. The number of ether oxygens (including phenoxy) is 1.